The van der Waals surface area contributed by atoms with Gasteiger partial charge in [-0.1, -0.05) is 17.9 Å². The smallest absolute Gasteiger partial charge is 0.291 e. The number of hydrogen-bond acceptors (Lipinski definition) is 6. The van der Waals surface area contributed by atoms with Crippen molar-refractivity contribution >= 4 is 27.2 Å². The van der Waals surface area contributed by atoms with Crippen LogP contribution >= 0.6 is 0 Å². The zero-order valence-corrected chi connectivity index (χ0v) is 19.0. The molecule has 0 radical (unpaired) electrons. The van der Waals surface area contributed by atoms with Crippen molar-refractivity contribution in [2.24, 2.45) is 4.36 Å². The number of aliphatic hydroxyl groups excluding tert-OH is 1. The van der Waals surface area contributed by atoms with Crippen LogP contribution in [0.2, 0.25) is 0 Å². The average Bonchev–Trinajstić information content (AvgIpc) is 3.22. The van der Waals surface area contributed by atoms with E-state index in [0.717, 1.165) is 5.56 Å². The maximum Gasteiger partial charge on any atom is 0.291 e. The Morgan fingerprint density at radius 2 is 1.97 bits per heavy atom. The highest BCUT2D eigenvalue weighted by molar-refractivity contribution is 7.93. The van der Waals surface area contributed by atoms with Gasteiger partial charge in [0, 0.05) is 53.4 Å². The van der Waals surface area contributed by atoms with Crippen molar-refractivity contribution in [1.29, 1.82) is 0 Å². The molecule has 2 aromatic heterocycles. The summed E-state index contributed by atoms with van der Waals surface area (Å²) in [7, 11) is -2.73. The van der Waals surface area contributed by atoms with E-state index < -0.39 is 15.6 Å². The fraction of sp³-hybridized carbons (Fsp3) is 0.208. The summed E-state index contributed by atoms with van der Waals surface area (Å²) in [6.45, 7) is 1.67. The number of carbonyl (C=O) groups excluding carboxylic acids is 2. The number of amides is 2. The highest BCUT2D eigenvalue weighted by Crippen LogP contribution is 2.15. The number of pyridine rings is 1. The molecule has 0 spiro atoms. The first kappa shape index (κ1) is 23.9. The maximum absolute atomic E-state index is 12.4. The number of carbonyl (C=O) groups is 2. The van der Waals surface area contributed by atoms with Crippen molar-refractivity contribution in [3.63, 3.8) is 0 Å². The van der Waals surface area contributed by atoms with Gasteiger partial charge >= 0.3 is 0 Å². The molecule has 0 aliphatic heterocycles. The van der Waals surface area contributed by atoms with Gasteiger partial charge < -0.3 is 14.8 Å². The van der Waals surface area contributed by atoms with Crippen LogP contribution in [0.15, 0.2) is 63.8 Å². The van der Waals surface area contributed by atoms with Gasteiger partial charge in [-0.3, -0.25) is 14.6 Å². The van der Waals surface area contributed by atoms with Crippen LogP contribution in [0.5, 0.6) is 0 Å². The second-order valence-corrected chi connectivity index (χ2v) is 9.83. The van der Waals surface area contributed by atoms with E-state index in [4.69, 9.17) is 9.52 Å². The van der Waals surface area contributed by atoms with E-state index in [1.54, 1.807) is 37.3 Å². The molecule has 2 amide bonds. The number of benzene rings is 1. The van der Waals surface area contributed by atoms with Gasteiger partial charge in [0.15, 0.2) is 5.76 Å². The van der Waals surface area contributed by atoms with Crippen LogP contribution in [0.1, 0.15) is 44.0 Å². The number of nitrogens with zero attached hydrogens (tertiary/aromatic N) is 2. The Bertz CT molecular complexity index is 1360. The van der Waals surface area contributed by atoms with Crippen molar-refractivity contribution in [3.05, 3.63) is 83.1 Å². The van der Waals surface area contributed by atoms with Gasteiger partial charge in [-0.2, -0.15) is 4.36 Å². The number of aryl methyl sites for hydroxylation is 1. The Morgan fingerprint density at radius 1 is 1.18 bits per heavy atom. The predicted molar refractivity (Wildman–Crippen MR) is 125 cm³/mol. The number of hydrogen-bond donors (Lipinski definition) is 2. The highest BCUT2D eigenvalue weighted by Gasteiger charge is 2.13. The summed E-state index contributed by atoms with van der Waals surface area (Å²) in [6, 6.07) is 10.2. The van der Waals surface area contributed by atoms with Gasteiger partial charge in [0.05, 0.1) is 21.6 Å². The fourth-order valence-corrected chi connectivity index (χ4v) is 4.06. The normalized spacial score (nSPS) is 12.2. The van der Waals surface area contributed by atoms with Gasteiger partial charge in [0.1, 0.15) is 0 Å². The lowest BCUT2D eigenvalue weighted by atomic mass is 10.1. The first-order chi connectivity index (χ1) is 15.8. The van der Waals surface area contributed by atoms with Crippen molar-refractivity contribution in [2.75, 3.05) is 23.9 Å². The van der Waals surface area contributed by atoms with Gasteiger partial charge in [-0.25, -0.2) is 4.21 Å². The summed E-state index contributed by atoms with van der Waals surface area (Å²) < 4.78 is 21.3. The molecule has 170 valence electrons. The summed E-state index contributed by atoms with van der Waals surface area (Å²) in [5.41, 5.74) is 2.60. The average molecular weight is 466 g/mol. The molecule has 0 aliphatic rings. The lowest BCUT2D eigenvalue weighted by molar-refractivity contribution is 0.0991. The first-order valence-corrected chi connectivity index (χ1v) is 12.1. The number of furan rings is 1. The molecule has 0 unspecified atom stereocenters. The highest BCUT2D eigenvalue weighted by atomic mass is 32.2. The van der Waals surface area contributed by atoms with E-state index in [2.05, 4.69) is 26.5 Å². The minimum Gasteiger partial charge on any atom is -0.459 e. The van der Waals surface area contributed by atoms with E-state index in [1.165, 1.54) is 31.0 Å². The van der Waals surface area contributed by atoms with E-state index in [-0.39, 0.29) is 29.6 Å². The lowest BCUT2D eigenvalue weighted by Gasteiger charge is -2.04. The summed E-state index contributed by atoms with van der Waals surface area (Å²) >= 11 is 0. The molecule has 9 heteroatoms. The van der Waals surface area contributed by atoms with Gasteiger partial charge in [0.25, 0.3) is 11.8 Å². The van der Waals surface area contributed by atoms with Crippen molar-refractivity contribution in [2.45, 2.75) is 13.3 Å². The number of nitrogens with one attached hydrogen (secondary N) is 1. The third-order valence-corrected chi connectivity index (χ3v) is 6.08. The van der Waals surface area contributed by atoms with Gasteiger partial charge in [-0.15, -0.1) is 0 Å². The Hall–Kier alpha value is -3.74. The predicted octanol–water partition coefficient (Wildman–Crippen LogP) is 3.26. The molecule has 0 fully saturated rings. The minimum absolute atomic E-state index is 0.117. The van der Waals surface area contributed by atoms with Crippen LogP contribution in [0.4, 0.5) is 5.69 Å². The molecule has 8 nitrogen and oxygen atoms in total. The van der Waals surface area contributed by atoms with Crippen LogP contribution in [-0.4, -0.2) is 44.7 Å². The molecule has 0 bridgehead atoms. The monoisotopic (exact) mass is 465 g/mol. The number of rotatable bonds is 6. The fourth-order valence-electron chi connectivity index (χ4n) is 2.84. The zero-order chi connectivity index (χ0) is 23.8. The number of aromatic nitrogens is 1. The third kappa shape index (κ3) is 6.87. The molecule has 0 saturated carbocycles. The minimum atomic E-state index is -2.73. The van der Waals surface area contributed by atoms with Crippen LogP contribution in [-0.2, 0) is 9.73 Å². The number of anilines is 1. The molecule has 1 atom stereocenters. The Labute approximate surface area is 192 Å². The summed E-state index contributed by atoms with van der Waals surface area (Å²) in [4.78, 5) is 28.7. The number of aliphatic hydroxyl groups is 1. The van der Waals surface area contributed by atoms with E-state index >= 15 is 0 Å². The molecule has 2 N–H and O–H groups in total. The molecule has 3 rings (SSSR count). The molecule has 0 aliphatic carbocycles. The quantitative estimate of drug-likeness (QED) is 0.539. The Balaban J connectivity index is 1.76. The van der Waals surface area contributed by atoms with Crippen molar-refractivity contribution in [1.82, 2.24) is 4.98 Å². The summed E-state index contributed by atoms with van der Waals surface area (Å²) in [6.07, 6.45) is 5.99. The Kier molecular flexibility index (Phi) is 7.77. The maximum atomic E-state index is 12.4. The summed E-state index contributed by atoms with van der Waals surface area (Å²) in [5.74, 6) is 5.28. The van der Waals surface area contributed by atoms with E-state index in [9.17, 15) is 13.8 Å². The Morgan fingerprint density at radius 3 is 2.70 bits per heavy atom. The lowest BCUT2D eigenvalue weighted by Crippen LogP contribution is -2.12. The second kappa shape index (κ2) is 10.7. The zero-order valence-electron chi connectivity index (χ0n) is 18.2. The van der Waals surface area contributed by atoms with E-state index in [0.29, 0.717) is 23.2 Å². The third-order valence-electron chi connectivity index (χ3n) is 4.48. The summed E-state index contributed by atoms with van der Waals surface area (Å²) in [5, 5.41) is 11.7. The molecule has 1 aromatic carbocycles. The second-order valence-electron chi connectivity index (χ2n) is 7.32. The largest absolute Gasteiger partial charge is 0.459 e. The van der Waals surface area contributed by atoms with Crippen LogP contribution in [0.25, 0.3) is 0 Å². The SMILES string of the molecule is Cc1ccoc1C(=O)Nc1cccc(C#Cc2cncc(C(=O)N=[S@](C)(=O)CCCO)c2)c1. The molecular formula is C24H23N3O5S. The van der Waals surface area contributed by atoms with Crippen molar-refractivity contribution < 1.29 is 23.3 Å². The van der Waals surface area contributed by atoms with Gasteiger partial charge in [-0.05, 0) is 43.7 Å². The van der Waals surface area contributed by atoms with Gasteiger partial charge in [0.2, 0.25) is 0 Å². The topological polar surface area (TPSA) is 122 Å². The molecule has 0 saturated heterocycles. The van der Waals surface area contributed by atoms with E-state index in [1.807, 2.05) is 0 Å². The van der Waals surface area contributed by atoms with Crippen molar-refractivity contribution in [3.8, 4) is 11.8 Å². The molecule has 33 heavy (non-hydrogen) atoms. The van der Waals surface area contributed by atoms with Crippen LogP contribution in [0.3, 0.4) is 0 Å². The standard InChI is InChI=1S/C24H23N3O5S/c1-17-9-11-32-22(17)24(30)26-21-6-3-5-18(14-21)7-8-19-13-20(16-25-15-19)23(29)27-33(2,31)12-4-10-28/h3,5-6,9,11,13-16,28H,4,10,12H2,1-2H3,(H,26,30)/t33-/m1/s1. The van der Waals surface area contributed by atoms with Crippen LogP contribution < -0.4 is 5.32 Å². The molecular weight excluding hydrogens is 442 g/mol. The molecule has 2 heterocycles. The molecule has 3 aromatic rings. The van der Waals surface area contributed by atoms with Crippen LogP contribution in [0, 0.1) is 18.8 Å². The first-order valence-electron chi connectivity index (χ1n) is 10.0.